The molecule has 0 aliphatic rings. The highest BCUT2D eigenvalue weighted by molar-refractivity contribution is 7.17. The van der Waals surface area contributed by atoms with Crippen LogP contribution in [0.4, 0.5) is 5.69 Å². The van der Waals surface area contributed by atoms with Gasteiger partial charge in [-0.3, -0.25) is 4.98 Å². The average Bonchev–Trinajstić information content (AvgIpc) is 2.81. The van der Waals surface area contributed by atoms with Crippen LogP contribution in [0.5, 0.6) is 0 Å². The van der Waals surface area contributed by atoms with E-state index < -0.39 is 0 Å². The van der Waals surface area contributed by atoms with Crippen LogP contribution in [0.2, 0.25) is 0 Å². The summed E-state index contributed by atoms with van der Waals surface area (Å²) >= 11 is 1.78. The molecular formula is C14H12N2S. The molecule has 2 N–H and O–H groups in total. The van der Waals surface area contributed by atoms with E-state index in [1.807, 2.05) is 12.3 Å². The minimum Gasteiger partial charge on any atom is -0.398 e. The van der Waals surface area contributed by atoms with E-state index in [1.165, 1.54) is 15.6 Å². The van der Waals surface area contributed by atoms with Crippen molar-refractivity contribution in [3.8, 4) is 0 Å². The van der Waals surface area contributed by atoms with E-state index in [2.05, 4.69) is 34.6 Å². The van der Waals surface area contributed by atoms with Crippen molar-refractivity contribution in [2.75, 3.05) is 5.73 Å². The van der Waals surface area contributed by atoms with Crippen LogP contribution in [-0.4, -0.2) is 4.98 Å². The Balaban J connectivity index is 2.06. The third kappa shape index (κ3) is 1.89. The molecule has 3 aromatic rings. The first-order chi connectivity index (χ1) is 8.34. The monoisotopic (exact) mass is 240 g/mol. The van der Waals surface area contributed by atoms with Gasteiger partial charge in [-0.2, -0.15) is 0 Å². The third-order valence-electron chi connectivity index (χ3n) is 2.88. The minimum absolute atomic E-state index is 0.813. The molecule has 0 atom stereocenters. The van der Waals surface area contributed by atoms with Crippen LogP contribution in [0.3, 0.4) is 0 Å². The molecule has 0 saturated heterocycles. The van der Waals surface area contributed by atoms with E-state index in [1.54, 1.807) is 17.5 Å². The second-order valence-electron chi connectivity index (χ2n) is 4.01. The lowest BCUT2D eigenvalue weighted by molar-refractivity contribution is 1.17. The SMILES string of the molecule is Nc1ccncc1Cc1cccc2ccsc12. The summed E-state index contributed by atoms with van der Waals surface area (Å²) in [7, 11) is 0. The molecule has 17 heavy (non-hydrogen) atoms. The highest BCUT2D eigenvalue weighted by atomic mass is 32.1. The van der Waals surface area contributed by atoms with Gasteiger partial charge in [0.2, 0.25) is 0 Å². The van der Waals surface area contributed by atoms with Gasteiger partial charge < -0.3 is 5.73 Å². The second-order valence-corrected chi connectivity index (χ2v) is 4.92. The van der Waals surface area contributed by atoms with Crippen molar-refractivity contribution >= 4 is 27.1 Å². The fourth-order valence-corrected chi connectivity index (χ4v) is 2.90. The van der Waals surface area contributed by atoms with Crippen LogP contribution in [-0.2, 0) is 6.42 Å². The predicted molar refractivity (Wildman–Crippen MR) is 73.3 cm³/mol. The first kappa shape index (κ1) is 10.3. The van der Waals surface area contributed by atoms with Gasteiger partial charge in [0.15, 0.2) is 0 Å². The van der Waals surface area contributed by atoms with Gasteiger partial charge in [-0.1, -0.05) is 18.2 Å². The summed E-state index contributed by atoms with van der Waals surface area (Å²) in [4.78, 5) is 4.13. The molecule has 0 fully saturated rings. The number of rotatable bonds is 2. The number of thiophene rings is 1. The van der Waals surface area contributed by atoms with Crippen molar-refractivity contribution in [2.45, 2.75) is 6.42 Å². The van der Waals surface area contributed by atoms with Crippen molar-refractivity contribution in [2.24, 2.45) is 0 Å². The number of hydrogen-bond acceptors (Lipinski definition) is 3. The highest BCUT2D eigenvalue weighted by Gasteiger charge is 2.05. The van der Waals surface area contributed by atoms with Gasteiger partial charge in [-0.15, -0.1) is 11.3 Å². The maximum atomic E-state index is 5.95. The molecule has 3 heteroatoms. The molecule has 0 bridgehead atoms. The Bertz CT molecular complexity index is 658. The summed E-state index contributed by atoms with van der Waals surface area (Å²) in [6.45, 7) is 0. The fraction of sp³-hybridized carbons (Fsp3) is 0.0714. The van der Waals surface area contributed by atoms with Crippen LogP contribution in [0, 0.1) is 0 Å². The molecule has 0 aliphatic heterocycles. The lowest BCUT2D eigenvalue weighted by atomic mass is 10.0. The Hall–Kier alpha value is -1.87. The summed E-state index contributed by atoms with van der Waals surface area (Å²) in [6, 6.07) is 10.4. The molecule has 0 amide bonds. The van der Waals surface area contributed by atoms with Crippen molar-refractivity contribution in [1.29, 1.82) is 0 Å². The van der Waals surface area contributed by atoms with Gasteiger partial charge in [0.1, 0.15) is 0 Å². The van der Waals surface area contributed by atoms with E-state index >= 15 is 0 Å². The van der Waals surface area contributed by atoms with E-state index in [9.17, 15) is 0 Å². The highest BCUT2D eigenvalue weighted by Crippen LogP contribution is 2.27. The number of nitrogens with two attached hydrogens (primary N) is 1. The van der Waals surface area contributed by atoms with Gasteiger partial charge in [0.25, 0.3) is 0 Å². The van der Waals surface area contributed by atoms with E-state index in [0.29, 0.717) is 0 Å². The molecule has 84 valence electrons. The number of benzene rings is 1. The molecule has 2 heterocycles. The number of pyridine rings is 1. The first-order valence-corrected chi connectivity index (χ1v) is 6.36. The zero-order chi connectivity index (χ0) is 11.7. The number of fused-ring (bicyclic) bond motifs is 1. The molecule has 2 aromatic heterocycles. The largest absolute Gasteiger partial charge is 0.398 e. The van der Waals surface area contributed by atoms with E-state index in [-0.39, 0.29) is 0 Å². The summed E-state index contributed by atoms with van der Waals surface area (Å²) in [5.41, 5.74) is 9.17. The van der Waals surface area contributed by atoms with E-state index in [0.717, 1.165) is 17.7 Å². The first-order valence-electron chi connectivity index (χ1n) is 5.48. The Morgan fingerprint density at radius 3 is 2.94 bits per heavy atom. The van der Waals surface area contributed by atoms with Crippen LogP contribution in [0.1, 0.15) is 11.1 Å². The lowest BCUT2D eigenvalue weighted by Crippen LogP contribution is -1.96. The Morgan fingerprint density at radius 2 is 2.06 bits per heavy atom. The zero-order valence-electron chi connectivity index (χ0n) is 9.26. The van der Waals surface area contributed by atoms with Gasteiger partial charge in [-0.25, -0.2) is 0 Å². The Morgan fingerprint density at radius 1 is 1.12 bits per heavy atom. The summed E-state index contributed by atoms with van der Waals surface area (Å²) < 4.78 is 1.34. The van der Waals surface area contributed by atoms with E-state index in [4.69, 9.17) is 5.73 Å². The molecule has 0 radical (unpaired) electrons. The molecule has 0 saturated carbocycles. The molecule has 1 aromatic carbocycles. The zero-order valence-corrected chi connectivity index (χ0v) is 10.1. The summed E-state index contributed by atoms with van der Waals surface area (Å²) in [5.74, 6) is 0. The smallest absolute Gasteiger partial charge is 0.0380 e. The number of aromatic nitrogens is 1. The van der Waals surface area contributed by atoms with Gasteiger partial charge in [0, 0.05) is 29.2 Å². The van der Waals surface area contributed by atoms with Gasteiger partial charge in [-0.05, 0) is 34.0 Å². The fourth-order valence-electron chi connectivity index (χ4n) is 1.99. The molecule has 0 aliphatic carbocycles. The topological polar surface area (TPSA) is 38.9 Å². The normalized spacial score (nSPS) is 10.8. The molecule has 0 spiro atoms. The van der Waals surface area contributed by atoms with Crippen molar-refractivity contribution in [1.82, 2.24) is 4.98 Å². The van der Waals surface area contributed by atoms with Crippen LogP contribution in [0.25, 0.3) is 10.1 Å². The van der Waals surface area contributed by atoms with Gasteiger partial charge in [0.05, 0.1) is 0 Å². The van der Waals surface area contributed by atoms with Crippen molar-refractivity contribution < 1.29 is 0 Å². The van der Waals surface area contributed by atoms with Gasteiger partial charge >= 0.3 is 0 Å². The number of hydrogen-bond donors (Lipinski definition) is 1. The Labute approximate surface area is 104 Å². The molecular weight excluding hydrogens is 228 g/mol. The predicted octanol–water partition coefficient (Wildman–Crippen LogP) is 3.47. The number of anilines is 1. The molecule has 2 nitrogen and oxygen atoms in total. The quantitative estimate of drug-likeness (QED) is 0.745. The maximum Gasteiger partial charge on any atom is 0.0380 e. The molecule has 3 rings (SSSR count). The maximum absolute atomic E-state index is 5.95. The Kier molecular flexibility index (Phi) is 2.53. The average molecular weight is 240 g/mol. The van der Waals surface area contributed by atoms with Crippen molar-refractivity contribution in [3.05, 3.63) is 59.2 Å². The second kappa shape index (κ2) is 4.18. The van der Waals surface area contributed by atoms with Crippen LogP contribution < -0.4 is 5.73 Å². The number of nitrogens with zero attached hydrogens (tertiary/aromatic N) is 1. The minimum atomic E-state index is 0.813. The summed E-state index contributed by atoms with van der Waals surface area (Å²) in [6.07, 6.45) is 4.42. The third-order valence-corrected chi connectivity index (χ3v) is 3.89. The van der Waals surface area contributed by atoms with Crippen LogP contribution >= 0.6 is 11.3 Å². The van der Waals surface area contributed by atoms with Crippen molar-refractivity contribution in [3.63, 3.8) is 0 Å². The standard InChI is InChI=1S/C14H12N2S/c15-13-4-6-16-9-12(13)8-11-3-1-2-10-5-7-17-14(10)11/h1-7,9H,8H2,(H2,15,16). The van der Waals surface area contributed by atoms with Crippen LogP contribution in [0.15, 0.2) is 48.1 Å². The molecule has 0 unspecified atom stereocenters. The number of nitrogen functional groups attached to an aromatic ring is 1. The lowest BCUT2D eigenvalue weighted by Gasteiger charge is -2.05. The summed E-state index contributed by atoms with van der Waals surface area (Å²) in [5, 5.41) is 3.43.